The van der Waals surface area contributed by atoms with Crippen molar-refractivity contribution in [1.29, 1.82) is 0 Å². The van der Waals surface area contributed by atoms with E-state index in [1.54, 1.807) is 0 Å². The van der Waals surface area contributed by atoms with Gasteiger partial charge in [0.2, 0.25) is 0 Å². The fourth-order valence-electron chi connectivity index (χ4n) is 2.28. The molecule has 2 nitrogen and oxygen atoms in total. The van der Waals surface area contributed by atoms with Crippen molar-refractivity contribution in [3.8, 4) is 0 Å². The average molecular weight is 254 g/mol. The van der Waals surface area contributed by atoms with Crippen molar-refractivity contribution >= 4 is 11.6 Å². The van der Waals surface area contributed by atoms with Gasteiger partial charge >= 0.3 is 0 Å². The van der Waals surface area contributed by atoms with Crippen LogP contribution >= 0.6 is 11.6 Å². The third kappa shape index (κ3) is 3.70. The van der Waals surface area contributed by atoms with E-state index in [-0.39, 0.29) is 0 Å². The van der Waals surface area contributed by atoms with Gasteiger partial charge in [0.05, 0.1) is 6.61 Å². The van der Waals surface area contributed by atoms with Crippen LogP contribution < -0.4 is 5.32 Å². The van der Waals surface area contributed by atoms with Gasteiger partial charge < -0.3 is 10.1 Å². The highest BCUT2D eigenvalue weighted by atomic mass is 35.5. The van der Waals surface area contributed by atoms with E-state index in [2.05, 4.69) is 24.4 Å². The van der Waals surface area contributed by atoms with Crippen LogP contribution in [-0.2, 0) is 4.74 Å². The zero-order chi connectivity index (χ0) is 12.1. The van der Waals surface area contributed by atoms with Crippen LogP contribution in [0.1, 0.15) is 37.8 Å². The third-order valence-electron chi connectivity index (χ3n) is 3.22. The molecule has 3 heteroatoms. The van der Waals surface area contributed by atoms with Gasteiger partial charge in [-0.15, -0.1) is 0 Å². The summed E-state index contributed by atoms with van der Waals surface area (Å²) in [5, 5.41) is 4.48. The normalized spacial score (nSPS) is 21.6. The Morgan fingerprint density at radius 2 is 2.18 bits per heavy atom. The SMILES string of the molecule is CCCC(NC1CCOC1)c1ccc(Cl)cc1. The summed E-state index contributed by atoms with van der Waals surface area (Å²) in [5.41, 5.74) is 1.32. The standard InChI is InChI=1S/C14H20ClNO/c1-2-3-14(16-13-8-9-17-10-13)11-4-6-12(15)7-5-11/h4-7,13-14,16H,2-3,8-10H2,1H3. The van der Waals surface area contributed by atoms with Gasteiger partial charge in [-0.05, 0) is 30.5 Å². The minimum Gasteiger partial charge on any atom is -0.380 e. The summed E-state index contributed by atoms with van der Waals surface area (Å²) in [4.78, 5) is 0. The summed E-state index contributed by atoms with van der Waals surface area (Å²) in [5.74, 6) is 0. The number of hydrogen-bond donors (Lipinski definition) is 1. The van der Waals surface area contributed by atoms with Crippen molar-refractivity contribution in [3.05, 3.63) is 34.9 Å². The first-order valence-corrected chi connectivity index (χ1v) is 6.76. The van der Waals surface area contributed by atoms with E-state index in [9.17, 15) is 0 Å². The molecule has 2 atom stereocenters. The minimum atomic E-state index is 0.420. The molecule has 1 aromatic rings. The Bertz CT molecular complexity index is 333. The first-order chi connectivity index (χ1) is 8.29. The lowest BCUT2D eigenvalue weighted by atomic mass is 10.0. The maximum Gasteiger partial charge on any atom is 0.0620 e. The van der Waals surface area contributed by atoms with Crippen molar-refractivity contribution in [1.82, 2.24) is 5.32 Å². The monoisotopic (exact) mass is 253 g/mol. The fraction of sp³-hybridized carbons (Fsp3) is 0.571. The van der Waals surface area contributed by atoms with E-state index in [1.807, 2.05) is 12.1 Å². The predicted molar refractivity (Wildman–Crippen MR) is 71.5 cm³/mol. The number of ether oxygens (including phenoxy) is 1. The van der Waals surface area contributed by atoms with Crippen LogP contribution in [0.15, 0.2) is 24.3 Å². The molecular formula is C14H20ClNO. The molecule has 0 aliphatic carbocycles. The highest BCUT2D eigenvalue weighted by molar-refractivity contribution is 6.30. The smallest absolute Gasteiger partial charge is 0.0620 e. The largest absolute Gasteiger partial charge is 0.380 e. The van der Waals surface area contributed by atoms with Gasteiger partial charge in [0.15, 0.2) is 0 Å². The zero-order valence-corrected chi connectivity index (χ0v) is 11.0. The van der Waals surface area contributed by atoms with Gasteiger partial charge in [0, 0.05) is 23.7 Å². The molecule has 17 heavy (non-hydrogen) atoms. The van der Waals surface area contributed by atoms with Gasteiger partial charge in [-0.25, -0.2) is 0 Å². The van der Waals surface area contributed by atoms with E-state index < -0.39 is 0 Å². The Kier molecular flexibility index (Phi) is 4.84. The van der Waals surface area contributed by atoms with Crippen molar-refractivity contribution in [2.45, 2.75) is 38.3 Å². The zero-order valence-electron chi connectivity index (χ0n) is 10.3. The molecule has 1 heterocycles. The van der Waals surface area contributed by atoms with Crippen molar-refractivity contribution < 1.29 is 4.74 Å². The topological polar surface area (TPSA) is 21.3 Å². The third-order valence-corrected chi connectivity index (χ3v) is 3.47. The molecule has 1 aliphatic rings. The van der Waals surface area contributed by atoms with Crippen LogP contribution in [0.5, 0.6) is 0 Å². The molecule has 1 aromatic carbocycles. The second kappa shape index (κ2) is 6.39. The molecule has 0 aromatic heterocycles. The molecule has 2 unspecified atom stereocenters. The van der Waals surface area contributed by atoms with E-state index in [4.69, 9.17) is 16.3 Å². The van der Waals surface area contributed by atoms with Crippen molar-refractivity contribution in [3.63, 3.8) is 0 Å². The molecule has 1 saturated heterocycles. The molecule has 1 aliphatic heterocycles. The molecular weight excluding hydrogens is 234 g/mol. The number of hydrogen-bond acceptors (Lipinski definition) is 2. The summed E-state index contributed by atoms with van der Waals surface area (Å²) < 4.78 is 5.41. The molecule has 0 saturated carbocycles. The highest BCUT2D eigenvalue weighted by Gasteiger charge is 2.20. The van der Waals surface area contributed by atoms with Crippen LogP contribution in [0.2, 0.25) is 5.02 Å². The second-order valence-corrected chi connectivity index (χ2v) is 5.06. The molecule has 1 N–H and O–H groups in total. The van der Waals surface area contributed by atoms with Crippen LogP contribution in [-0.4, -0.2) is 19.3 Å². The quantitative estimate of drug-likeness (QED) is 0.866. The Balaban J connectivity index is 2.02. The Hall–Kier alpha value is -0.570. The summed E-state index contributed by atoms with van der Waals surface area (Å²) in [7, 11) is 0. The lowest BCUT2D eigenvalue weighted by Gasteiger charge is -2.22. The molecule has 2 rings (SSSR count). The average Bonchev–Trinajstić information content (AvgIpc) is 2.82. The Morgan fingerprint density at radius 1 is 1.41 bits per heavy atom. The first kappa shape index (κ1) is 12.9. The van der Waals surface area contributed by atoms with E-state index in [1.165, 1.54) is 12.0 Å². The summed E-state index contributed by atoms with van der Waals surface area (Å²) in [6.45, 7) is 3.95. The Labute approximate surface area is 108 Å². The maximum absolute atomic E-state index is 5.92. The van der Waals surface area contributed by atoms with E-state index >= 15 is 0 Å². The van der Waals surface area contributed by atoms with Crippen molar-refractivity contribution in [2.24, 2.45) is 0 Å². The van der Waals surface area contributed by atoms with Crippen molar-refractivity contribution in [2.75, 3.05) is 13.2 Å². The molecule has 0 amide bonds. The van der Waals surface area contributed by atoms with Crippen LogP contribution in [0.4, 0.5) is 0 Å². The van der Waals surface area contributed by atoms with Gasteiger partial charge in [-0.3, -0.25) is 0 Å². The number of nitrogens with one attached hydrogen (secondary N) is 1. The van der Waals surface area contributed by atoms with Crippen LogP contribution in [0.3, 0.4) is 0 Å². The van der Waals surface area contributed by atoms with Crippen LogP contribution in [0, 0.1) is 0 Å². The second-order valence-electron chi connectivity index (χ2n) is 4.62. The van der Waals surface area contributed by atoms with E-state index in [0.717, 1.165) is 31.1 Å². The van der Waals surface area contributed by atoms with Gasteiger partial charge in [0.1, 0.15) is 0 Å². The minimum absolute atomic E-state index is 0.420. The Morgan fingerprint density at radius 3 is 2.76 bits per heavy atom. The lowest BCUT2D eigenvalue weighted by Crippen LogP contribution is -2.33. The first-order valence-electron chi connectivity index (χ1n) is 6.39. The summed E-state index contributed by atoms with van der Waals surface area (Å²) in [6.07, 6.45) is 3.44. The van der Waals surface area contributed by atoms with Gasteiger partial charge in [-0.2, -0.15) is 0 Å². The molecule has 94 valence electrons. The molecule has 0 bridgehead atoms. The van der Waals surface area contributed by atoms with E-state index in [0.29, 0.717) is 12.1 Å². The predicted octanol–water partition coefficient (Wildman–Crippen LogP) is 3.56. The fourth-order valence-corrected chi connectivity index (χ4v) is 2.41. The highest BCUT2D eigenvalue weighted by Crippen LogP contribution is 2.22. The molecule has 0 radical (unpaired) electrons. The molecule has 0 spiro atoms. The summed E-state index contributed by atoms with van der Waals surface area (Å²) in [6, 6.07) is 9.08. The van der Waals surface area contributed by atoms with Gasteiger partial charge in [-0.1, -0.05) is 37.1 Å². The summed E-state index contributed by atoms with van der Waals surface area (Å²) >= 11 is 5.92. The van der Waals surface area contributed by atoms with Crippen LogP contribution in [0.25, 0.3) is 0 Å². The number of benzene rings is 1. The lowest BCUT2D eigenvalue weighted by molar-refractivity contribution is 0.187. The number of halogens is 1. The number of rotatable bonds is 5. The maximum atomic E-state index is 5.92. The van der Waals surface area contributed by atoms with Gasteiger partial charge in [0.25, 0.3) is 0 Å². The molecule has 1 fully saturated rings.